The summed E-state index contributed by atoms with van der Waals surface area (Å²) in [4.78, 5) is 9.30. The molecule has 134 valence electrons. The zero-order valence-electron chi connectivity index (χ0n) is 15.4. The molecule has 0 aromatic rings. The SMILES string of the molecule is CCN1CCCC1CNC(=NC)NCC1(N(C)C)CCOCC1. The summed E-state index contributed by atoms with van der Waals surface area (Å²) in [6.07, 6.45) is 4.74. The zero-order valence-corrected chi connectivity index (χ0v) is 15.4. The molecular weight excluding hydrogens is 290 g/mol. The number of ether oxygens (including phenoxy) is 1. The molecule has 0 aliphatic carbocycles. The van der Waals surface area contributed by atoms with Crippen molar-refractivity contribution in [1.29, 1.82) is 0 Å². The van der Waals surface area contributed by atoms with Crippen molar-refractivity contribution in [3.05, 3.63) is 0 Å². The van der Waals surface area contributed by atoms with E-state index < -0.39 is 0 Å². The molecule has 0 amide bonds. The largest absolute Gasteiger partial charge is 0.381 e. The van der Waals surface area contributed by atoms with Crippen LogP contribution in [0.4, 0.5) is 0 Å². The predicted molar refractivity (Wildman–Crippen MR) is 96.1 cm³/mol. The summed E-state index contributed by atoms with van der Waals surface area (Å²) in [7, 11) is 6.19. The molecule has 2 fully saturated rings. The molecule has 2 rings (SSSR count). The first-order chi connectivity index (χ1) is 11.1. The minimum atomic E-state index is 0.165. The molecule has 0 aromatic carbocycles. The molecule has 6 heteroatoms. The summed E-state index contributed by atoms with van der Waals surface area (Å²) in [6, 6.07) is 0.643. The van der Waals surface area contributed by atoms with Crippen molar-refractivity contribution in [2.75, 3.05) is 60.5 Å². The lowest BCUT2D eigenvalue weighted by Crippen LogP contribution is -2.57. The van der Waals surface area contributed by atoms with Gasteiger partial charge < -0.3 is 20.3 Å². The molecule has 2 saturated heterocycles. The van der Waals surface area contributed by atoms with Crippen LogP contribution in [0.2, 0.25) is 0 Å². The van der Waals surface area contributed by atoms with E-state index in [0.717, 1.165) is 51.6 Å². The van der Waals surface area contributed by atoms with E-state index in [9.17, 15) is 0 Å². The van der Waals surface area contributed by atoms with E-state index in [1.165, 1.54) is 19.4 Å². The first-order valence-electron chi connectivity index (χ1n) is 9.05. The molecule has 2 heterocycles. The summed E-state index contributed by atoms with van der Waals surface area (Å²) in [6.45, 7) is 8.20. The van der Waals surface area contributed by atoms with Crippen LogP contribution >= 0.6 is 0 Å². The van der Waals surface area contributed by atoms with Crippen molar-refractivity contribution in [1.82, 2.24) is 20.4 Å². The Bertz CT molecular complexity index is 379. The Balaban J connectivity index is 1.82. The van der Waals surface area contributed by atoms with Crippen LogP contribution in [0.1, 0.15) is 32.6 Å². The van der Waals surface area contributed by atoms with Gasteiger partial charge in [-0.2, -0.15) is 0 Å². The lowest BCUT2D eigenvalue weighted by molar-refractivity contribution is -0.00501. The first kappa shape index (κ1) is 18.5. The van der Waals surface area contributed by atoms with Gasteiger partial charge in [0.2, 0.25) is 0 Å². The third-order valence-electron chi connectivity index (χ3n) is 5.59. The number of hydrogen-bond acceptors (Lipinski definition) is 4. The monoisotopic (exact) mass is 325 g/mol. The summed E-state index contributed by atoms with van der Waals surface area (Å²) >= 11 is 0. The quantitative estimate of drug-likeness (QED) is 0.557. The number of aliphatic imine (C=N–C) groups is 1. The highest BCUT2D eigenvalue weighted by Crippen LogP contribution is 2.25. The van der Waals surface area contributed by atoms with Crippen molar-refractivity contribution >= 4 is 5.96 Å². The maximum atomic E-state index is 5.54. The molecule has 1 atom stereocenters. The maximum Gasteiger partial charge on any atom is 0.191 e. The highest BCUT2D eigenvalue weighted by Gasteiger charge is 2.34. The fourth-order valence-corrected chi connectivity index (χ4v) is 3.76. The van der Waals surface area contributed by atoms with E-state index in [1.54, 1.807) is 0 Å². The summed E-state index contributed by atoms with van der Waals surface area (Å²) in [5.41, 5.74) is 0.165. The average molecular weight is 326 g/mol. The Kier molecular flexibility index (Phi) is 7.11. The van der Waals surface area contributed by atoms with E-state index >= 15 is 0 Å². The predicted octanol–water partition coefficient (Wildman–Crippen LogP) is 0.747. The molecule has 2 N–H and O–H groups in total. The van der Waals surface area contributed by atoms with Gasteiger partial charge in [-0.1, -0.05) is 6.92 Å². The van der Waals surface area contributed by atoms with E-state index in [0.29, 0.717) is 6.04 Å². The molecule has 0 spiro atoms. The molecule has 2 aliphatic heterocycles. The van der Waals surface area contributed by atoms with Crippen LogP contribution in [0.25, 0.3) is 0 Å². The Morgan fingerprint density at radius 1 is 1.30 bits per heavy atom. The van der Waals surface area contributed by atoms with E-state index in [1.807, 2.05) is 7.05 Å². The Labute approximate surface area is 141 Å². The summed E-state index contributed by atoms with van der Waals surface area (Å²) in [5.74, 6) is 0.917. The van der Waals surface area contributed by atoms with Crippen LogP contribution in [0.3, 0.4) is 0 Å². The lowest BCUT2D eigenvalue weighted by atomic mass is 9.88. The van der Waals surface area contributed by atoms with Gasteiger partial charge in [0.25, 0.3) is 0 Å². The molecule has 23 heavy (non-hydrogen) atoms. The fourth-order valence-electron chi connectivity index (χ4n) is 3.76. The van der Waals surface area contributed by atoms with Crippen LogP contribution in [0.5, 0.6) is 0 Å². The smallest absolute Gasteiger partial charge is 0.191 e. The molecule has 0 radical (unpaired) electrons. The Morgan fingerprint density at radius 3 is 2.65 bits per heavy atom. The topological polar surface area (TPSA) is 52.1 Å². The van der Waals surface area contributed by atoms with Crippen LogP contribution in [0.15, 0.2) is 4.99 Å². The molecule has 0 aromatic heterocycles. The molecular formula is C17H35N5O. The van der Waals surface area contributed by atoms with Gasteiger partial charge in [0.15, 0.2) is 5.96 Å². The standard InChI is InChI=1S/C17H35N5O/c1-5-22-10-6-7-15(22)13-19-16(18-2)20-14-17(21(3)4)8-11-23-12-9-17/h15H,5-14H2,1-4H3,(H2,18,19,20). The van der Waals surface area contributed by atoms with Crippen molar-refractivity contribution in [3.63, 3.8) is 0 Å². The highest BCUT2D eigenvalue weighted by molar-refractivity contribution is 5.79. The Hall–Kier alpha value is -0.850. The van der Waals surface area contributed by atoms with Crippen LogP contribution in [0, 0.1) is 0 Å². The lowest BCUT2D eigenvalue weighted by Gasteiger charge is -2.43. The zero-order chi connectivity index (χ0) is 16.7. The normalized spacial score (nSPS) is 25.8. The van der Waals surface area contributed by atoms with Gasteiger partial charge in [0, 0.05) is 44.9 Å². The molecule has 2 aliphatic rings. The number of nitrogens with zero attached hydrogens (tertiary/aromatic N) is 3. The van der Waals surface area contributed by atoms with Gasteiger partial charge in [-0.05, 0) is 52.9 Å². The number of hydrogen-bond donors (Lipinski definition) is 2. The minimum absolute atomic E-state index is 0.165. The van der Waals surface area contributed by atoms with Gasteiger partial charge in [-0.15, -0.1) is 0 Å². The van der Waals surface area contributed by atoms with Crippen molar-refractivity contribution in [2.24, 2.45) is 4.99 Å². The third kappa shape index (κ3) is 4.81. The second kappa shape index (κ2) is 8.85. The van der Waals surface area contributed by atoms with Gasteiger partial charge in [-0.25, -0.2) is 0 Å². The van der Waals surface area contributed by atoms with Crippen LogP contribution in [-0.4, -0.2) is 87.9 Å². The van der Waals surface area contributed by atoms with E-state index in [-0.39, 0.29) is 5.54 Å². The number of rotatable bonds is 6. The third-order valence-corrected chi connectivity index (χ3v) is 5.59. The van der Waals surface area contributed by atoms with Crippen molar-refractivity contribution in [3.8, 4) is 0 Å². The average Bonchev–Trinajstić information content (AvgIpc) is 3.03. The molecule has 1 unspecified atom stereocenters. The molecule has 0 saturated carbocycles. The molecule has 6 nitrogen and oxygen atoms in total. The van der Waals surface area contributed by atoms with Crippen LogP contribution in [-0.2, 0) is 4.74 Å². The molecule has 0 bridgehead atoms. The Morgan fingerprint density at radius 2 is 2.04 bits per heavy atom. The van der Waals surface area contributed by atoms with Crippen molar-refractivity contribution < 1.29 is 4.74 Å². The number of nitrogens with one attached hydrogen (secondary N) is 2. The van der Waals surface area contributed by atoms with Gasteiger partial charge >= 0.3 is 0 Å². The number of likely N-dealkylation sites (tertiary alicyclic amines) is 1. The van der Waals surface area contributed by atoms with Gasteiger partial charge in [0.1, 0.15) is 0 Å². The summed E-state index contributed by atoms with van der Waals surface area (Å²) < 4.78 is 5.54. The summed E-state index contributed by atoms with van der Waals surface area (Å²) in [5, 5.41) is 7.06. The highest BCUT2D eigenvalue weighted by atomic mass is 16.5. The second-order valence-electron chi connectivity index (χ2n) is 6.96. The number of likely N-dealkylation sites (N-methyl/N-ethyl adjacent to an activating group) is 2. The maximum absolute atomic E-state index is 5.54. The first-order valence-corrected chi connectivity index (χ1v) is 9.05. The van der Waals surface area contributed by atoms with E-state index in [2.05, 4.69) is 46.4 Å². The van der Waals surface area contributed by atoms with Gasteiger partial charge in [-0.3, -0.25) is 9.89 Å². The fraction of sp³-hybridized carbons (Fsp3) is 0.941. The van der Waals surface area contributed by atoms with Gasteiger partial charge in [0.05, 0.1) is 0 Å². The van der Waals surface area contributed by atoms with Crippen molar-refractivity contribution in [2.45, 2.75) is 44.2 Å². The minimum Gasteiger partial charge on any atom is -0.381 e. The van der Waals surface area contributed by atoms with E-state index in [4.69, 9.17) is 4.74 Å². The second-order valence-corrected chi connectivity index (χ2v) is 6.96. The number of guanidine groups is 1. The van der Waals surface area contributed by atoms with Crippen LogP contribution < -0.4 is 10.6 Å².